The summed E-state index contributed by atoms with van der Waals surface area (Å²) in [5.74, 6) is 0.965. The van der Waals surface area contributed by atoms with Crippen molar-refractivity contribution in [1.82, 2.24) is 0 Å². The van der Waals surface area contributed by atoms with E-state index in [1.54, 1.807) is 30.2 Å². The Morgan fingerprint density at radius 3 is 2.42 bits per heavy atom. The van der Waals surface area contributed by atoms with Gasteiger partial charge in [0.1, 0.15) is 11.5 Å². The number of ether oxygens (including phenoxy) is 4. The molecule has 4 rings (SSSR count). The molecule has 1 heterocycles. The molecule has 0 spiro atoms. The van der Waals surface area contributed by atoms with Crippen molar-refractivity contribution < 1.29 is 32.2 Å². The van der Waals surface area contributed by atoms with Crippen LogP contribution >= 0.6 is 0 Å². The predicted octanol–water partition coefficient (Wildman–Crippen LogP) is 4.33. The summed E-state index contributed by atoms with van der Waals surface area (Å²) in [5, 5.41) is 0. The Balaban J connectivity index is 1.54. The van der Waals surface area contributed by atoms with Crippen molar-refractivity contribution in [3.8, 4) is 22.6 Å². The van der Waals surface area contributed by atoms with E-state index < -0.39 is 10.0 Å². The zero-order valence-electron chi connectivity index (χ0n) is 21.7. The molecule has 1 aliphatic heterocycles. The number of fused-ring (bicyclic) bond motifs is 1. The summed E-state index contributed by atoms with van der Waals surface area (Å²) in [5.41, 5.74) is 4.46. The fourth-order valence-electron chi connectivity index (χ4n) is 4.22. The lowest BCUT2D eigenvalue weighted by Gasteiger charge is -2.29. The first-order valence-electron chi connectivity index (χ1n) is 12.3. The van der Waals surface area contributed by atoms with Crippen LogP contribution in [0.4, 0.5) is 11.4 Å². The summed E-state index contributed by atoms with van der Waals surface area (Å²) in [6.07, 6.45) is 1.72. The van der Waals surface area contributed by atoms with Gasteiger partial charge in [0.2, 0.25) is 10.0 Å². The van der Waals surface area contributed by atoms with Crippen molar-refractivity contribution >= 4 is 27.3 Å². The summed E-state index contributed by atoms with van der Waals surface area (Å²) in [4.78, 5) is 15.1. The number of carbonyl (C=O) groups is 1. The van der Waals surface area contributed by atoms with Gasteiger partial charge in [0, 0.05) is 24.9 Å². The maximum absolute atomic E-state index is 13.4. The Labute approximate surface area is 223 Å². The van der Waals surface area contributed by atoms with Crippen molar-refractivity contribution in [3.63, 3.8) is 0 Å². The molecule has 0 fully saturated rings. The van der Waals surface area contributed by atoms with E-state index in [-0.39, 0.29) is 18.4 Å². The van der Waals surface area contributed by atoms with Gasteiger partial charge in [0.25, 0.3) is 5.91 Å². The number of nitrogens with zero attached hydrogens (tertiary/aromatic N) is 1. The van der Waals surface area contributed by atoms with E-state index in [1.807, 2.05) is 43.3 Å². The molecule has 0 atom stereocenters. The van der Waals surface area contributed by atoms with Crippen LogP contribution in [0.1, 0.15) is 22.8 Å². The molecule has 1 amide bonds. The summed E-state index contributed by atoms with van der Waals surface area (Å²) in [6.45, 7) is 3.69. The molecule has 9 nitrogen and oxygen atoms in total. The molecule has 0 saturated heterocycles. The Morgan fingerprint density at radius 1 is 0.947 bits per heavy atom. The van der Waals surface area contributed by atoms with Gasteiger partial charge in [-0.3, -0.25) is 9.52 Å². The minimum absolute atomic E-state index is 0.0755. The molecule has 202 valence electrons. The Kier molecular flexibility index (Phi) is 8.88. The Morgan fingerprint density at radius 2 is 1.71 bits per heavy atom. The van der Waals surface area contributed by atoms with Crippen LogP contribution in [-0.2, 0) is 25.9 Å². The number of amides is 1. The van der Waals surface area contributed by atoms with Gasteiger partial charge in [-0.15, -0.1) is 0 Å². The van der Waals surface area contributed by atoms with Gasteiger partial charge >= 0.3 is 0 Å². The molecule has 0 bridgehead atoms. The fourth-order valence-corrected chi connectivity index (χ4v) is 4.78. The largest absolute Gasteiger partial charge is 0.494 e. The second-order valence-corrected chi connectivity index (χ2v) is 10.5. The minimum atomic E-state index is -3.59. The van der Waals surface area contributed by atoms with E-state index in [4.69, 9.17) is 18.9 Å². The highest BCUT2D eigenvalue weighted by Gasteiger charge is 2.27. The number of rotatable bonds is 12. The number of hydrogen-bond acceptors (Lipinski definition) is 7. The Bertz CT molecular complexity index is 1370. The van der Waals surface area contributed by atoms with E-state index in [1.165, 1.54) is 0 Å². The Hall–Kier alpha value is -3.60. The molecule has 10 heteroatoms. The lowest BCUT2D eigenvalue weighted by Crippen LogP contribution is -2.37. The normalized spacial score (nSPS) is 13.2. The average molecular weight is 541 g/mol. The molecule has 0 unspecified atom stereocenters. The van der Waals surface area contributed by atoms with E-state index in [0.717, 1.165) is 28.7 Å². The number of sulfonamides is 1. The van der Waals surface area contributed by atoms with Crippen LogP contribution in [0.15, 0.2) is 60.7 Å². The van der Waals surface area contributed by atoms with Crippen molar-refractivity contribution in [2.45, 2.75) is 13.3 Å². The maximum Gasteiger partial charge on any atom is 0.258 e. The van der Waals surface area contributed by atoms with Crippen LogP contribution in [0.25, 0.3) is 11.1 Å². The zero-order valence-corrected chi connectivity index (χ0v) is 22.5. The minimum Gasteiger partial charge on any atom is -0.494 e. The number of methoxy groups -OCH3 is 1. The van der Waals surface area contributed by atoms with Crippen LogP contribution in [0.2, 0.25) is 0 Å². The third kappa shape index (κ3) is 6.83. The predicted molar refractivity (Wildman–Crippen MR) is 147 cm³/mol. The van der Waals surface area contributed by atoms with Gasteiger partial charge in [-0.1, -0.05) is 24.3 Å². The van der Waals surface area contributed by atoms with Gasteiger partial charge in [0.05, 0.1) is 31.8 Å². The lowest BCUT2D eigenvalue weighted by molar-refractivity contribution is -0.00813. The number of hydrogen-bond donors (Lipinski definition) is 1. The second kappa shape index (κ2) is 12.3. The highest BCUT2D eigenvalue weighted by Crippen LogP contribution is 2.34. The fraction of sp³-hybridized carbons (Fsp3) is 0.321. The molecule has 1 N–H and O–H groups in total. The zero-order chi connectivity index (χ0) is 27.1. The number of carbonyl (C=O) groups excluding carboxylic acids is 1. The van der Waals surface area contributed by atoms with Crippen LogP contribution < -0.4 is 19.1 Å². The standard InChI is InChI=1S/C28H32N2O7S/c1-4-36-24-9-5-20(6-10-24)21-7-11-25-22(17-21)13-14-30(28(25)31)23-8-12-27(37-19-35-16-15-34-2)26(18-23)29-38(3,32)33/h5-12,17-18,29H,4,13-16,19H2,1-3H3. The molecule has 0 aromatic heterocycles. The molecule has 0 aliphatic carbocycles. The lowest BCUT2D eigenvalue weighted by atomic mass is 9.93. The van der Waals surface area contributed by atoms with Gasteiger partial charge in [0.15, 0.2) is 6.79 Å². The topological polar surface area (TPSA) is 103 Å². The number of anilines is 2. The molecule has 3 aromatic carbocycles. The first-order valence-corrected chi connectivity index (χ1v) is 14.2. The molecular weight excluding hydrogens is 508 g/mol. The second-order valence-electron chi connectivity index (χ2n) is 8.75. The van der Waals surface area contributed by atoms with Crippen molar-refractivity contribution in [2.75, 3.05) is 56.1 Å². The summed E-state index contributed by atoms with van der Waals surface area (Å²) < 4.78 is 47.8. The molecule has 0 radical (unpaired) electrons. The third-order valence-corrected chi connectivity index (χ3v) is 6.57. The SMILES string of the molecule is CCOc1ccc(-c2ccc3c(c2)CCN(c2ccc(OCOCCOC)c(NS(C)(=O)=O)c2)C3=O)cc1. The summed E-state index contributed by atoms with van der Waals surface area (Å²) in [7, 11) is -2.02. The van der Waals surface area contributed by atoms with Crippen LogP contribution in [-0.4, -0.2) is 60.8 Å². The molecule has 1 aliphatic rings. The van der Waals surface area contributed by atoms with Crippen molar-refractivity contribution in [2.24, 2.45) is 0 Å². The first-order chi connectivity index (χ1) is 18.3. The molecule has 0 saturated carbocycles. The van der Waals surface area contributed by atoms with E-state index in [9.17, 15) is 13.2 Å². The summed E-state index contributed by atoms with van der Waals surface area (Å²) >= 11 is 0. The van der Waals surface area contributed by atoms with Crippen LogP contribution in [0.3, 0.4) is 0 Å². The van der Waals surface area contributed by atoms with Gasteiger partial charge < -0.3 is 23.8 Å². The monoisotopic (exact) mass is 540 g/mol. The first kappa shape index (κ1) is 27.4. The average Bonchev–Trinajstić information content (AvgIpc) is 2.89. The highest BCUT2D eigenvalue weighted by atomic mass is 32.2. The quantitative estimate of drug-likeness (QED) is 0.269. The third-order valence-electron chi connectivity index (χ3n) is 5.98. The van der Waals surface area contributed by atoms with Crippen molar-refractivity contribution in [3.05, 3.63) is 71.8 Å². The summed E-state index contributed by atoms with van der Waals surface area (Å²) in [6, 6.07) is 18.7. The molecular formula is C28H32N2O7S. The number of nitrogens with one attached hydrogen (secondary N) is 1. The van der Waals surface area contributed by atoms with E-state index in [2.05, 4.69) is 10.8 Å². The van der Waals surface area contributed by atoms with Gasteiger partial charge in [-0.2, -0.15) is 0 Å². The smallest absolute Gasteiger partial charge is 0.258 e. The number of benzene rings is 3. The van der Waals surface area contributed by atoms with Gasteiger partial charge in [-0.05, 0) is 66.4 Å². The van der Waals surface area contributed by atoms with E-state index in [0.29, 0.717) is 49.8 Å². The highest BCUT2D eigenvalue weighted by molar-refractivity contribution is 7.92. The molecule has 38 heavy (non-hydrogen) atoms. The molecule has 3 aromatic rings. The van der Waals surface area contributed by atoms with Crippen LogP contribution in [0, 0.1) is 0 Å². The maximum atomic E-state index is 13.4. The van der Waals surface area contributed by atoms with Crippen LogP contribution in [0.5, 0.6) is 11.5 Å². The van der Waals surface area contributed by atoms with Gasteiger partial charge in [-0.25, -0.2) is 8.42 Å². The van der Waals surface area contributed by atoms with Crippen molar-refractivity contribution in [1.29, 1.82) is 0 Å². The van der Waals surface area contributed by atoms with E-state index >= 15 is 0 Å².